The summed E-state index contributed by atoms with van der Waals surface area (Å²) in [5, 5.41) is 12.9. The van der Waals surface area contributed by atoms with Gasteiger partial charge in [0.2, 0.25) is 5.91 Å². The molecule has 7 nitrogen and oxygen atoms in total. The predicted molar refractivity (Wildman–Crippen MR) is 112 cm³/mol. The molecule has 2 aliphatic rings. The molecule has 0 spiro atoms. The highest BCUT2D eigenvalue weighted by Gasteiger charge is 2.58. The van der Waals surface area contributed by atoms with E-state index in [0.717, 1.165) is 11.1 Å². The number of hydrogen-bond donors (Lipinski definition) is 2. The third-order valence-corrected chi connectivity index (χ3v) is 5.12. The van der Waals surface area contributed by atoms with E-state index in [9.17, 15) is 19.5 Å². The normalized spacial score (nSPS) is 28.0. The van der Waals surface area contributed by atoms with E-state index >= 15 is 0 Å². The van der Waals surface area contributed by atoms with Crippen molar-refractivity contribution in [2.75, 3.05) is 13.7 Å². The molecule has 2 heterocycles. The Morgan fingerprint density at radius 2 is 1.93 bits per heavy atom. The lowest BCUT2D eigenvalue weighted by atomic mass is 9.91. The Morgan fingerprint density at radius 3 is 2.57 bits per heavy atom. The van der Waals surface area contributed by atoms with Crippen molar-refractivity contribution in [3.8, 4) is 0 Å². The van der Waals surface area contributed by atoms with Crippen molar-refractivity contribution in [1.29, 1.82) is 0 Å². The minimum Gasteiger partial charge on any atom is -0.465 e. The molecular weight excluding hydrogens is 386 g/mol. The number of methoxy groups -OCH3 is 1. The van der Waals surface area contributed by atoms with Gasteiger partial charge in [0.25, 0.3) is 0 Å². The first-order valence-corrected chi connectivity index (χ1v) is 9.79. The zero-order valence-electron chi connectivity index (χ0n) is 18.0. The topological polar surface area (TPSA) is 102 Å². The number of ketones is 1. The minimum atomic E-state index is -1.45. The van der Waals surface area contributed by atoms with Gasteiger partial charge in [-0.15, -0.1) is 0 Å². The first-order chi connectivity index (χ1) is 14.1. The lowest BCUT2D eigenvalue weighted by Gasteiger charge is -2.21. The van der Waals surface area contributed by atoms with Gasteiger partial charge in [0, 0.05) is 6.42 Å². The van der Waals surface area contributed by atoms with E-state index < -0.39 is 29.6 Å². The Hall–Kier alpha value is -2.77. The summed E-state index contributed by atoms with van der Waals surface area (Å²) in [7, 11) is 1.34. The van der Waals surface area contributed by atoms with Crippen LogP contribution in [-0.2, 0) is 23.9 Å². The van der Waals surface area contributed by atoms with E-state index in [2.05, 4.69) is 5.32 Å². The van der Waals surface area contributed by atoms with Gasteiger partial charge in [0.15, 0.2) is 11.5 Å². The second-order valence-electron chi connectivity index (χ2n) is 7.52. The Balaban J connectivity index is 2.07. The number of rotatable bonds is 7. The molecule has 162 valence electrons. The summed E-state index contributed by atoms with van der Waals surface area (Å²) in [6, 6.07) is 0. The number of aliphatic hydroxyl groups is 1. The van der Waals surface area contributed by atoms with Gasteiger partial charge < -0.3 is 19.9 Å². The smallest absolute Gasteiger partial charge is 0.337 e. The Morgan fingerprint density at radius 1 is 1.23 bits per heavy atom. The number of amides is 1. The number of carbonyl (C=O) groups is 3. The van der Waals surface area contributed by atoms with Gasteiger partial charge in [0.1, 0.15) is 12.0 Å². The zero-order chi connectivity index (χ0) is 22.5. The van der Waals surface area contributed by atoms with Crippen molar-refractivity contribution in [3.63, 3.8) is 0 Å². The summed E-state index contributed by atoms with van der Waals surface area (Å²) < 4.78 is 10.2. The molecule has 0 aromatic heterocycles. The number of carbonyl (C=O) groups excluding carboxylic acids is 3. The third kappa shape index (κ3) is 5.23. The maximum atomic E-state index is 12.7. The summed E-state index contributed by atoms with van der Waals surface area (Å²) in [5.74, 6) is -2.31. The number of fused-ring (bicyclic) bond motifs is 1. The summed E-state index contributed by atoms with van der Waals surface area (Å²) in [6.45, 7) is 7.46. The van der Waals surface area contributed by atoms with Crippen LogP contribution >= 0.6 is 0 Å². The van der Waals surface area contributed by atoms with Crippen LogP contribution in [0, 0.1) is 5.92 Å². The van der Waals surface area contributed by atoms with Gasteiger partial charge in [-0.1, -0.05) is 41.5 Å². The van der Waals surface area contributed by atoms with Gasteiger partial charge in [-0.3, -0.25) is 9.59 Å². The molecule has 0 aliphatic carbocycles. The standard InChI is InChI=1S/C23H29NO6/c1-6-17(22(27)29-5)13-15(3)12-14(2)8-7-9-16(4)19(25)18-20-23(28,10-11-30-20)24-21(18)26/h6-9,12-13,18,20,28H,10-11H2,1-5H3,(H,24,26)/t18-,20-,23+/m1/s1. The van der Waals surface area contributed by atoms with Crippen molar-refractivity contribution in [2.24, 2.45) is 5.92 Å². The molecule has 7 heteroatoms. The van der Waals surface area contributed by atoms with Crippen LogP contribution in [-0.4, -0.2) is 48.3 Å². The predicted octanol–water partition coefficient (Wildman–Crippen LogP) is 2.29. The number of esters is 1. The Bertz CT molecular complexity index is 876. The molecule has 2 aliphatic heterocycles. The van der Waals surface area contributed by atoms with Crippen LogP contribution in [0.5, 0.6) is 0 Å². The number of Topliss-reactive ketones (excluding diaryl/α,β-unsaturated/α-hetero) is 1. The molecular formula is C23H29NO6. The first kappa shape index (κ1) is 23.5. The largest absolute Gasteiger partial charge is 0.465 e. The van der Waals surface area contributed by atoms with E-state index in [1.165, 1.54) is 7.11 Å². The fourth-order valence-corrected chi connectivity index (χ4v) is 3.56. The molecule has 0 radical (unpaired) electrons. The SMILES string of the molecule is CC=C(C=C(C)C=C(C)C=CC=C(C)C(=O)[C@H]1C(=O)N[C@]2(O)CCO[C@H]12)C(=O)OC. The molecule has 0 aromatic rings. The van der Waals surface area contributed by atoms with Crippen LogP contribution in [0.15, 0.2) is 58.7 Å². The lowest BCUT2D eigenvalue weighted by molar-refractivity contribution is -0.136. The molecule has 0 saturated carbocycles. The number of nitrogens with one attached hydrogen (secondary N) is 1. The quantitative estimate of drug-likeness (QED) is 0.286. The Kier molecular flexibility index (Phi) is 7.70. The monoisotopic (exact) mass is 415 g/mol. The molecule has 1 amide bonds. The summed E-state index contributed by atoms with van der Waals surface area (Å²) in [6.07, 6.45) is 9.90. The van der Waals surface area contributed by atoms with Crippen LogP contribution in [0.4, 0.5) is 0 Å². The van der Waals surface area contributed by atoms with Crippen molar-refractivity contribution in [1.82, 2.24) is 5.32 Å². The molecule has 2 N–H and O–H groups in total. The molecule has 30 heavy (non-hydrogen) atoms. The van der Waals surface area contributed by atoms with Crippen LogP contribution in [0.1, 0.15) is 34.1 Å². The van der Waals surface area contributed by atoms with Crippen molar-refractivity contribution >= 4 is 17.7 Å². The second-order valence-corrected chi connectivity index (χ2v) is 7.52. The highest BCUT2D eigenvalue weighted by molar-refractivity contribution is 6.11. The summed E-state index contributed by atoms with van der Waals surface area (Å²) in [4.78, 5) is 36.5. The second kappa shape index (κ2) is 9.82. The molecule has 2 saturated heterocycles. The van der Waals surface area contributed by atoms with E-state index in [4.69, 9.17) is 9.47 Å². The summed E-state index contributed by atoms with van der Waals surface area (Å²) in [5.41, 5.74) is 1.19. The number of allylic oxidation sites excluding steroid dienone is 8. The van der Waals surface area contributed by atoms with Gasteiger partial charge in [-0.2, -0.15) is 0 Å². The minimum absolute atomic E-state index is 0.275. The average molecular weight is 415 g/mol. The molecule has 2 rings (SSSR count). The van der Waals surface area contributed by atoms with E-state index in [1.54, 1.807) is 38.2 Å². The molecule has 0 bridgehead atoms. The maximum Gasteiger partial charge on any atom is 0.337 e. The highest BCUT2D eigenvalue weighted by Crippen LogP contribution is 2.36. The third-order valence-electron chi connectivity index (χ3n) is 5.12. The molecule has 0 aromatic carbocycles. The highest BCUT2D eigenvalue weighted by atomic mass is 16.5. The average Bonchev–Trinajstić information content (AvgIpc) is 3.16. The number of hydrogen-bond acceptors (Lipinski definition) is 6. The molecule has 0 unspecified atom stereocenters. The molecule has 2 fully saturated rings. The van der Waals surface area contributed by atoms with Crippen LogP contribution in [0.25, 0.3) is 0 Å². The molecule has 3 atom stereocenters. The summed E-state index contributed by atoms with van der Waals surface area (Å²) >= 11 is 0. The first-order valence-electron chi connectivity index (χ1n) is 9.79. The van der Waals surface area contributed by atoms with E-state index in [1.807, 2.05) is 26.0 Å². The van der Waals surface area contributed by atoms with Gasteiger partial charge >= 0.3 is 5.97 Å². The van der Waals surface area contributed by atoms with Crippen molar-refractivity contribution in [3.05, 3.63) is 58.7 Å². The van der Waals surface area contributed by atoms with Gasteiger partial charge in [0.05, 0.1) is 19.3 Å². The van der Waals surface area contributed by atoms with Crippen LogP contribution in [0.2, 0.25) is 0 Å². The van der Waals surface area contributed by atoms with Crippen LogP contribution < -0.4 is 5.32 Å². The fraction of sp³-hybridized carbons (Fsp3) is 0.435. The maximum absolute atomic E-state index is 12.7. The Labute approximate surface area is 176 Å². The number of ether oxygens (including phenoxy) is 2. The fourth-order valence-electron chi connectivity index (χ4n) is 3.56. The van der Waals surface area contributed by atoms with Crippen LogP contribution in [0.3, 0.4) is 0 Å². The van der Waals surface area contributed by atoms with E-state index in [-0.39, 0.29) is 12.2 Å². The van der Waals surface area contributed by atoms with E-state index in [0.29, 0.717) is 17.8 Å². The van der Waals surface area contributed by atoms with Gasteiger partial charge in [-0.05, 0) is 39.3 Å². The zero-order valence-corrected chi connectivity index (χ0v) is 18.0. The van der Waals surface area contributed by atoms with Crippen molar-refractivity contribution in [2.45, 2.75) is 45.9 Å². The lowest BCUT2D eigenvalue weighted by Crippen LogP contribution is -2.45. The van der Waals surface area contributed by atoms with Crippen molar-refractivity contribution < 1.29 is 29.0 Å². The van der Waals surface area contributed by atoms with Gasteiger partial charge in [-0.25, -0.2) is 4.79 Å².